The van der Waals surface area contributed by atoms with Gasteiger partial charge >= 0.3 is 0 Å². The average molecular weight is 233 g/mol. The maximum Gasteiger partial charge on any atom is 0.126 e. The van der Waals surface area contributed by atoms with E-state index in [-0.39, 0.29) is 11.2 Å². The summed E-state index contributed by atoms with van der Waals surface area (Å²) in [4.78, 5) is 2.52. The smallest absolute Gasteiger partial charge is 0.126 e. The van der Waals surface area contributed by atoms with Crippen LogP contribution in [0, 0.1) is 18.7 Å². The van der Waals surface area contributed by atoms with Gasteiger partial charge in [-0.1, -0.05) is 12.1 Å². The van der Waals surface area contributed by atoms with Gasteiger partial charge in [0.15, 0.2) is 0 Å². The zero-order chi connectivity index (χ0) is 12.2. The number of hydrogen-bond acceptors (Lipinski definition) is 1. The summed E-state index contributed by atoms with van der Waals surface area (Å²) in [5.41, 5.74) is 2.24. The fraction of sp³-hybridized carbons (Fsp3) is 0.600. The third-order valence-corrected chi connectivity index (χ3v) is 4.65. The molecule has 1 aliphatic heterocycles. The second kappa shape index (κ2) is 3.55. The Balaban J connectivity index is 1.88. The number of hydrogen-bond donors (Lipinski definition) is 0. The van der Waals surface area contributed by atoms with Crippen LogP contribution in [0.5, 0.6) is 0 Å². The van der Waals surface area contributed by atoms with E-state index in [1.165, 1.54) is 18.5 Å². The molecular weight excluding hydrogens is 213 g/mol. The van der Waals surface area contributed by atoms with Crippen molar-refractivity contribution in [3.05, 3.63) is 35.1 Å². The summed E-state index contributed by atoms with van der Waals surface area (Å²) in [6.45, 7) is 8.61. The molecule has 1 nitrogen and oxygen atoms in total. The fourth-order valence-corrected chi connectivity index (χ4v) is 3.26. The third-order valence-electron chi connectivity index (χ3n) is 4.65. The standard InChI is InChI=1S/C15H20FN/c1-10(2)17-8-13-7-15(13,9-17)12-5-4-11(3)14(16)6-12/h4-6,10,13H,7-9H2,1-3H3. The van der Waals surface area contributed by atoms with Gasteiger partial charge < -0.3 is 0 Å². The lowest BCUT2D eigenvalue weighted by molar-refractivity contribution is 0.243. The highest BCUT2D eigenvalue weighted by atomic mass is 19.1. The van der Waals surface area contributed by atoms with Crippen molar-refractivity contribution in [1.82, 2.24) is 4.90 Å². The molecule has 3 rings (SSSR count). The number of halogens is 1. The molecule has 0 aromatic heterocycles. The number of benzene rings is 1. The predicted molar refractivity (Wildman–Crippen MR) is 67.6 cm³/mol. The molecule has 0 bridgehead atoms. The van der Waals surface area contributed by atoms with Crippen LogP contribution in [-0.2, 0) is 5.41 Å². The van der Waals surface area contributed by atoms with E-state index in [1.807, 2.05) is 13.0 Å². The summed E-state index contributed by atoms with van der Waals surface area (Å²) in [6.07, 6.45) is 1.25. The molecule has 0 N–H and O–H groups in total. The lowest BCUT2D eigenvalue weighted by atomic mass is 9.94. The van der Waals surface area contributed by atoms with E-state index in [4.69, 9.17) is 0 Å². The van der Waals surface area contributed by atoms with Gasteiger partial charge in [0.1, 0.15) is 5.82 Å². The first kappa shape index (κ1) is 11.2. The number of rotatable bonds is 2. The van der Waals surface area contributed by atoms with E-state index >= 15 is 0 Å². The quantitative estimate of drug-likeness (QED) is 0.758. The zero-order valence-electron chi connectivity index (χ0n) is 10.8. The molecule has 2 fully saturated rings. The first-order valence-corrected chi connectivity index (χ1v) is 6.53. The van der Waals surface area contributed by atoms with Gasteiger partial charge in [0.2, 0.25) is 0 Å². The normalized spacial score (nSPS) is 31.9. The van der Waals surface area contributed by atoms with Crippen LogP contribution in [0.3, 0.4) is 0 Å². The van der Waals surface area contributed by atoms with Crippen LogP contribution >= 0.6 is 0 Å². The lowest BCUT2D eigenvalue weighted by Crippen LogP contribution is -2.32. The number of aryl methyl sites for hydroxylation is 1. The fourth-order valence-electron chi connectivity index (χ4n) is 3.26. The molecule has 0 radical (unpaired) electrons. The summed E-state index contributed by atoms with van der Waals surface area (Å²) < 4.78 is 13.7. The molecule has 1 aliphatic carbocycles. The van der Waals surface area contributed by atoms with Gasteiger partial charge in [-0.2, -0.15) is 0 Å². The Hall–Kier alpha value is -0.890. The van der Waals surface area contributed by atoms with Crippen LogP contribution in [0.15, 0.2) is 18.2 Å². The van der Waals surface area contributed by atoms with Gasteiger partial charge in [-0.25, -0.2) is 4.39 Å². The highest BCUT2D eigenvalue weighted by molar-refractivity contribution is 5.39. The van der Waals surface area contributed by atoms with Crippen LogP contribution < -0.4 is 0 Å². The molecule has 17 heavy (non-hydrogen) atoms. The van der Waals surface area contributed by atoms with Gasteiger partial charge in [0.05, 0.1) is 0 Å². The number of nitrogens with zero attached hydrogens (tertiary/aromatic N) is 1. The van der Waals surface area contributed by atoms with Crippen molar-refractivity contribution in [2.24, 2.45) is 5.92 Å². The number of piperidine rings is 1. The minimum atomic E-state index is -0.0504. The van der Waals surface area contributed by atoms with Crippen molar-refractivity contribution in [1.29, 1.82) is 0 Å². The van der Waals surface area contributed by atoms with Crippen LogP contribution in [-0.4, -0.2) is 24.0 Å². The summed E-state index contributed by atoms with van der Waals surface area (Å²) in [7, 11) is 0. The van der Waals surface area contributed by atoms with Crippen molar-refractivity contribution < 1.29 is 4.39 Å². The van der Waals surface area contributed by atoms with Gasteiger partial charge in [-0.05, 0) is 50.3 Å². The third kappa shape index (κ3) is 1.61. The predicted octanol–water partition coefficient (Wildman–Crippen LogP) is 3.12. The van der Waals surface area contributed by atoms with E-state index in [1.54, 1.807) is 6.07 Å². The van der Waals surface area contributed by atoms with Gasteiger partial charge in [0, 0.05) is 24.5 Å². The summed E-state index contributed by atoms with van der Waals surface area (Å²) in [5.74, 6) is 0.706. The van der Waals surface area contributed by atoms with E-state index < -0.39 is 0 Å². The molecule has 1 saturated heterocycles. The van der Waals surface area contributed by atoms with Crippen molar-refractivity contribution in [2.45, 2.75) is 38.6 Å². The molecule has 0 spiro atoms. The Morgan fingerprint density at radius 3 is 2.76 bits per heavy atom. The average Bonchev–Trinajstić information content (AvgIpc) is 2.85. The highest BCUT2D eigenvalue weighted by Gasteiger charge is 2.60. The van der Waals surface area contributed by atoms with Gasteiger partial charge in [0.25, 0.3) is 0 Å². The lowest BCUT2D eigenvalue weighted by Gasteiger charge is -2.24. The van der Waals surface area contributed by atoms with E-state index in [0.29, 0.717) is 6.04 Å². The van der Waals surface area contributed by atoms with Crippen molar-refractivity contribution in [3.63, 3.8) is 0 Å². The van der Waals surface area contributed by atoms with Crippen LogP contribution in [0.25, 0.3) is 0 Å². The minimum Gasteiger partial charge on any atom is -0.300 e. The Labute approximate surface area is 103 Å². The van der Waals surface area contributed by atoms with Gasteiger partial charge in [-0.15, -0.1) is 0 Å². The molecule has 2 atom stereocenters. The molecule has 1 heterocycles. The first-order chi connectivity index (χ1) is 8.03. The van der Waals surface area contributed by atoms with Crippen molar-refractivity contribution in [2.75, 3.05) is 13.1 Å². The molecule has 92 valence electrons. The zero-order valence-corrected chi connectivity index (χ0v) is 10.8. The van der Waals surface area contributed by atoms with E-state index in [0.717, 1.165) is 18.0 Å². The molecule has 1 aromatic rings. The molecule has 0 amide bonds. The Bertz CT molecular complexity index is 454. The number of likely N-dealkylation sites (tertiary alicyclic amines) is 1. The molecule has 1 aromatic carbocycles. The summed E-state index contributed by atoms with van der Waals surface area (Å²) in [5, 5.41) is 0. The van der Waals surface area contributed by atoms with Gasteiger partial charge in [-0.3, -0.25) is 4.90 Å². The summed E-state index contributed by atoms with van der Waals surface area (Å²) >= 11 is 0. The Morgan fingerprint density at radius 1 is 1.41 bits per heavy atom. The van der Waals surface area contributed by atoms with Crippen LogP contribution in [0.2, 0.25) is 0 Å². The topological polar surface area (TPSA) is 3.24 Å². The van der Waals surface area contributed by atoms with Crippen molar-refractivity contribution in [3.8, 4) is 0 Å². The monoisotopic (exact) mass is 233 g/mol. The molecule has 2 aliphatic rings. The second-order valence-electron chi connectivity index (χ2n) is 6.04. The first-order valence-electron chi connectivity index (χ1n) is 6.53. The molecule has 2 heteroatoms. The van der Waals surface area contributed by atoms with E-state index in [9.17, 15) is 4.39 Å². The van der Waals surface area contributed by atoms with Crippen LogP contribution in [0.1, 0.15) is 31.4 Å². The largest absolute Gasteiger partial charge is 0.300 e. The molecule has 1 saturated carbocycles. The maximum absolute atomic E-state index is 13.7. The van der Waals surface area contributed by atoms with Crippen molar-refractivity contribution >= 4 is 0 Å². The summed E-state index contributed by atoms with van der Waals surface area (Å²) in [6, 6.07) is 6.42. The van der Waals surface area contributed by atoms with E-state index in [2.05, 4.69) is 24.8 Å². The molecular formula is C15H20FN. The second-order valence-corrected chi connectivity index (χ2v) is 6.04. The minimum absolute atomic E-state index is 0.0504. The van der Waals surface area contributed by atoms with Crippen LogP contribution in [0.4, 0.5) is 4.39 Å². The molecule has 2 unspecified atom stereocenters. The number of fused-ring (bicyclic) bond motifs is 1. The maximum atomic E-state index is 13.7. The SMILES string of the molecule is Cc1ccc(C23CC2CN(C(C)C)C3)cc1F. The Morgan fingerprint density at radius 2 is 2.18 bits per heavy atom. The highest BCUT2D eigenvalue weighted by Crippen LogP contribution is 2.59. The Kier molecular flexibility index (Phi) is 2.34.